The van der Waals surface area contributed by atoms with Crippen molar-refractivity contribution in [2.75, 3.05) is 0 Å². The van der Waals surface area contributed by atoms with Gasteiger partial charge in [0.2, 0.25) is 0 Å². The SMILES string of the molecule is CC(O)(O)C(CCCCCCC(=O)O)C(=O)O. The lowest BCUT2D eigenvalue weighted by atomic mass is 9.93. The van der Waals surface area contributed by atoms with Crippen molar-refractivity contribution in [1.82, 2.24) is 0 Å². The van der Waals surface area contributed by atoms with Crippen molar-refractivity contribution in [3.63, 3.8) is 0 Å². The lowest BCUT2D eigenvalue weighted by Gasteiger charge is -2.23. The summed E-state index contributed by atoms with van der Waals surface area (Å²) in [5, 5.41) is 35.6. The summed E-state index contributed by atoms with van der Waals surface area (Å²) >= 11 is 0. The molecule has 0 aliphatic heterocycles. The monoisotopic (exact) mass is 248 g/mol. The molecule has 0 bridgehead atoms. The van der Waals surface area contributed by atoms with Crippen LogP contribution >= 0.6 is 0 Å². The Morgan fingerprint density at radius 3 is 2.00 bits per heavy atom. The Balaban J connectivity index is 3.78. The van der Waals surface area contributed by atoms with Crippen LogP contribution in [0.25, 0.3) is 0 Å². The number of carboxylic acids is 2. The van der Waals surface area contributed by atoms with Crippen LogP contribution < -0.4 is 0 Å². The first-order chi connectivity index (χ1) is 7.75. The van der Waals surface area contributed by atoms with E-state index in [1.807, 2.05) is 0 Å². The van der Waals surface area contributed by atoms with E-state index in [1.54, 1.807) is 0 Å². The van der Waals surface area contributed by atoms with Gasteiger partial charge in [-0.15, -0.1) is 0 Å². The van der Waals surface area contributed by atoms with E-state index >= 15 is 0 Å². The van der Waals surface area contributed by atoms with E-state index in [1.165, 1.54) is 0 Å². The standard InChI is InChI=1S/C11H20O6/c1-11(16,17)8(10(14)15)6-4-2-3-5-7-9(12)13/h8,16-17H,2-7H2,1H3,(H,12,13)(H,14,15). The van der Waals surface area contributed by atoms with Crippen LogP contribution in [-0.2, 0) is 9.59 Å². The van der Waals surface area contributed by atoms with Crippen LogP contribution in [-0.4, -0.2) is 38.2 Å². The molecule has 6 nitrogen and oxygen atoms in total. The van der Waals surface area contributed by atoms with Crippen molar-refractivity contribution >= 4 is 11.9 Å². The van der Waals surface area contributed by atoms with Gasteiger partial charge in [0, 0.05) is 6.42 Å². The van der Waals surface area contributed by atoms with Crippen molar-refractivity contribution in [2.24, 2.45) is 5.92 Å². The molecule has 0 spiro atoms. The fourth-order valence-corrected chi connectivity index (χ4v) is 1.61. The zero-order valence-corrected chi connectivity index (χ0v) is 9.93. The van der Waals surface area contributed by atoms with Gasteiger partial charge in [-0.05, 0) is 19.8 Å². The minimum absolute atomic E-state index is 0.111. The maximum absolute atomic E-state index is 10.8. The number of hydrogen-bond donors (Lipinski definition) is 4. The summed E-state index contributed by atoms with van der Waals surface area (Å²) in [7, 11) is 0. The molecule has 0 rings (SSSR count). The number of hydrogen-bond acceptors (Lipinski definition) is 4. The second-order valence-electron chi connectivity index (χ2n) is 4.33. The zero-order valence-electron chi connectivity index (χ0n) is 9.93. The Hall–Kier alpha value is -1.14. The lowest BCUT2D eigenvalue weighted by Crippen LogP contribution is -2.39. The molecular weight excluding hydrogens is 228 g/mol. The zero-order chi connectivity index (χ0) is 13.5. The second kappa shape index (κ2) is 7.24. The summed E-state index contributed by atoms with van der Waals surface area (Å²) in [6.07, 6.45) is 2.77. The Bertz CT molecular complexity index is 255. The number of aliphatic hydroxyl groups is 2. The summed E-state index contributed by atoms with van der Waals surface area (Å²) in [6, 6.07) is 0. The normalized spacial score (nSPS) is 13.4. The lowest BCUT2D eigenvalue weighted by molar-refractivity contribution is -0.200. The average Bonchev–Trinajstić information content (AvgIpc) is 2.13. The Morgan fingerprint density at radius 2 is 1.59 bits per heavy atom. The maximum Gasteiger partial charge on any atom is 0.311 e. The summed E-state index contributed by atoms with van der Waals surface area (Å²) in [4.78, 5) is 21.0. The van der Waals surface area contributed by atoms with E-state index in [-0.39, 0.29) is 12.8 Å². The van der Waals surface area contributed by atoms with Gasteiger partial charge in [0.15, 0.2) is 5.79 Å². The number of carbonyl (C=O) groups is 2. The second-order valence-corrected chi connectivity index (χ2v) is 4.33. The Labute approximate surface area is 99.9 Å². The van der Waals surface area contributed by atoms with E-state index < -0.39 is 23.6 Å². The Morgan fingerprint density at radius 1 is 1.06 bits per heavy atom. The molecule has 17 heavy (non-hydrogen) atoms. The van der Waals surface area contributed by atoms with Gasteiger partial charge in [-0.2, -0.15) is 0 Å². The van der Waals surface area contributed by atoms with Crippen LogP contribution in [0.2, 0.25) is 0 Å². The van der Waals surface area contributed by atoms with Gasteiger partial charge in [-0.1, -0.05) is 19.3 Å². The first-order valence-electron chi connectivity index (χ1n) is 5.64. The first-order valence-corrected chi connectivity index (χ1v) is 5.64. The highest BCUT2D eigenvalue weighted by Gasteiger charge is 2.34. The predicted molar refractivity (Wildman–Crippen MR) is 59.3 cm³/mol. The van der Waals surface area contributed by atoms with Crippen molar-refractivity contribution in [2.45, 2.75) is 51.2 Å². The first kappa shape index (κ1) is 15.9. The molecular formula is C11H20O6. The molecule has 0 fully saturated rings. The molecule has 0 saturated heterocycles. The van der Waals surface area contributed by atoms with Gasteiger partial charge in [-0.25, -0.2) is 0 Å². The molecule has 0 aliphatic rings. The van der Waals surface area contributed by atoms with Crippen LogP contribution in [0.3, 0.4) is 0 Å². The van der Waals surface area contributed by atoms with Crippen LogP contribution in [0.5, 0.6) is 0 Å². The molecule has 0 aliphatic carbocycles. The van der Waals surface area contributed by atoms with E-state index in [2.05, 4.69) is 0 Å². The number of carboxylic acid groups (broad SMARTS) is 2. The van der Waals surface area contributed by atoms with Gasteiger partial charge in [0.05, 0.1) is 0 Å². The van der Waals surface area contributed by atoms with Crippen LogP contribution in [0.4, 0.5) is 0 Å². The van der Waals surface area contributed by atoms with Crippen LogP contribution in [0, 0.1) is 5.92 Å². The minimum atomic E-state index is -2.22. The summed E-state index contributed by atoms with van der Waals surface area (Å²) in [6.45, 7) is 1.05. The van der Waals surface area contributed by atoms with Crippen LogP contribution in [0.15, 0.2) is 0 Å². The fourth-order valence-electron chi connectivity index (χ4n) is 1.61. The quantitative estimate of drug-likeness (QED) is 0.354. The predicted octanol–water partition coefficient (Wildman–Crippen LogP) is 0.813. The maximum atomic E-state index is 10.8. The summed E-state index contributed by atoms with van der Waals surface area (Å²) < 4.78 is 0. The van der Waals surface area contributed by atoms with Gasteiger partial charge < -0.3 is 20.4 Å². The van der Waals surface area contributed by atoms with E-state index in [0.717, 1.165) is 6.92 Å². The van der Waals surface area contributed by atoms with Gasteiger partial charge in [-0.3, -0.25) is 9.59 Å². The molecule has 1 unspecified atom stereocenters. The smallest absolute Gasteiger partial charge is 0.311 e. The molecule has 0 amide bonds. The molecule has 0 heterocycles. The van der Waals surface area contributed by atoms with E-state index in [9.17, 15) is 19.8 Å². The highest BCUT2D eigenvalue weighted by Crippen LogP contribution is 2.21. The van der Waals surface area contributed by atoms with Gasteiger partial charge >= 0.3 is 11.9 Å². The number of rotatable bonds is 9. The van der Waals surface area contributed by atoms with Gasteiger partial charge in [0.1, 0.15) is 5.92 Å². The van der Waals surface area contributed by atoms with Gasteiger partial charge in [0.25, 0.3) is 0 Å². The molecule has 0 radical (unpaired) electrons. The third-order valence-corrected chi connectivity index (χ3v) is 2.59. The topological polar surface area (TPSA) is 115 Å². The van der Waals surface area contributed by atoms with Crippen molar-refractivity contribution in [3.05, 3.63) is 0 Å². The largest absolute Gasteiger partial charge is 0.481 e. The summed E-state index contributed by atoms with van der Waals surface area (Å²) in [5.41, 5.74) is 0. The number of unbranched alkanes of at least 4 members (excludes halogenated alkanes) is 3. The molecule has 0 aromatic heterocycles. The minimum Gasteiger partial charge on any atom is -0.481 e. The van der Waals surface area contributed by atoms with Crippen molar-refractivity contribution < 1.29 is 30.0 Å². The molecule has 0 aromatic rings. The Kier molecular flexibility index (Phi) is 6.75. The molecule has 6 heteroatoms. The summed E-state index contributed by atoms with van der Waals surface area (Å²) in [5.74, 6) is -5.50. The van der Waals surface area contributed by atoms with E-state index in [0.29, 0.717) is 25.7 Å². The highest BCUT2D eigenvalue weighted by atomic mass is 16.5. The molecule has 0 aromatic carbocycles. The molecule has 4 N–H and O–H groups in total. The third kappa shape index (κ3) is 7.70. The molecule has 1 atom stereocenters. The highest BCUT2D eigenvalue weighted by molar-refractivity contribution is 5.71. The fraction of sp³-hybridized carbons (Fsp3) is 0.818. The van der Waals surface area contributed by atoms with E-state index in [4.69, 9.17) is 10.2 Å². The molecule has 100 valence electrons. The molecule has 0 saturated carbocycles. The number of aliphatic carboxylic acids is 2. The third-order valence-electron chi connectivity index (χ3n) is 2.59. The van der Waals surface area contributed by atoms with Crippen molar-refractivity contribution in [1.29, 1.82) is 0 Å². The van der Waals surface area contributed by atoms with Crippen LogP contribution in [0.1, 0.15) is 45.4 Å². The average molecular weight is 248 g/mol. The van der Waals surface area contributed by atoms with Crippen molar-refractivity contribution in [3.8, 4) is 0 Å².